The van der Waals surface area contributed by atoms with E-state index in [2.05, 4.69) is 32.8 Å². The molecule has 0 spiro atoms. The van der Waals surface area contributed by atoms with Gasteiger partial charge in [0.15, 0.2) is 0 Å². The monoisotopic (exact) mass is 300 g/mol. The van der Waals surface area contributed by atoms with E-state index in [4.69, 9.17) is 0 Å². The second-order valence-corrected chi connectivity index (χ2v) is 5.63. The average molecular weight is 301 g/mol. The molecule has 0 bridgehead atoms. The van der Waals surface area contributed by atoms with Crippen LogP contribution in [-0.4, -0.2) is 43.0 Å². The first kappa shape index (κ1) is 13.0. The van der Waals surface area contributed by atoms with Gasteiger partial charge in [-0.2, -0.15) is 0 Å². The summed E-state index contributed by atoms with van der Waals surface area (Å²) < 4.78 is 14.1. The van der Waals surface area contributed by atoms with Crippen LogP contribution in [0, 0.1) is 5.82 Å². The van der Waals surface area contributed by atoms with E-state index in [1.807, 2.05) is 6.07 Å². The topological polar surface area (TPSA) is 6.48 Å². The SMILES string of the molecule is CN1CCCN(Cc2cc(F)cc(Br)c2)CC1. The fraction of sp³-hybridized carbons (Fsp3) is 0.538. The van der Waals surface area contributed by atoms with E-state index >= 15 is 0 Å². The number of hydrogen-bond donors (Lipinski definition) is 0. The Morgan fingerprint density at radius 2 is 2.00 bits per heavy atom. The summed E-state index contributed by atoms with van der Waals surface area (Å²) in [5, 5.41) is 0. The van der Waals surface area contributed by atoms with Crippen molar-refractivity contribution >= 4 is 15.9 Å². The van der Waals surface area contributed by atoms with Crippen molar-refractivity contribution in [2.45, 2.75) is 13.0 Å². The van der Waals surface area contributed by atoms with E-state index in [1.54, 1.807) is 6.07 Å². The van der Waals surface area contributed by atoms with Gasteiger partial charge in [0.05, 0.1) is 0 Å². The van der Waals surface area contributed by atoms with Crippen molar-refractivity contribution in [2.75, 3.05) is 33.2 Å². The van der Waals surface area contributed by atoms with Crippen molar-refractivity contribution in [2.24, 2.45) is 0 Å². The number of rotatable bonds is 2. The van der Waals surface area contributed by atoms with Gasteiger partial charge in [-0.1, -0.05) is 15.9 Å². The first-order valence-corrected chi connectivity index (χ1v) is 6.78. The molecule has 0 unspecified atom stereocenters. The molecule has 0 aromatic heterocycles. The van der Waals surface area contributed by atoms with Crippen LogP contribution in [0.1, 0.15) is 12.0 Å². The Labute approximate surface area is 111 Å². The van der Waals surface area contributed by atoms with Gasteiger partial charge in [0.1, 0.15) is 5.82 Å². The summed E-state index contributed by atoms with van der Waals surface area (Å²) in [4.78, 5) is 4.74. The zero-order valence-electron chi connectivity index (χ0n) is 10.1. The van der Waals surface area contributed by atoms with Crippen LogP contribution >= 0.6 is 15.9 Å². The Kier molecular flexibility index (Phi) is 4.54. The van der Waals surface area contributed by atoms with Crippen LogP contribution in [0.2, 0.25) is 0 Å². The third kappa shape index (κ3) is 4.05. The summed E-state index contributed by atoms with van der Waals surface area (Å²) in [6, 6.07) is 5.12. The second-order valence-electron chi connectivity index (χ2n) is 4.71. The van der Waals surface area contributed by atoms with Crippen molar-refractivity contribution in [3.05, 3.63) is 34.1 Å². The van der Waals surface area contributed by atoms with E-state index in [0.717, 1.165) is 42.8 Å². The van der Waals surface area contributed by atoms with E-state index in [-0.39, 0.29) is 5.82 Å². The van der Waals surface area contributed by atoms with E-state index in [9.17, 15) is 4.39 Å². The molecule has 0 aliphatic carbocycles. The molecule has 1 fully saturated rings. The van der Waals surface area contributed by atoms with Crippen molar-refractivity contribution in [1.29, 1.82) is 0 Å². The molecule has 0 saturated carbocycles. The van der Waals surface area contributed by atoms with E-state index < -0.39 is 0 Å². The lowest BCUT2D eigenvalue weighted by Gasteiger charge is -2.20. The number of hydrogen-bond acceptors (Lipinski definition) is 2. The highest BCUT2D eigenvalue weighted by atomic mass is 79.9. The largest absolute Gasteiger partial charge is 0.305 e. The van der Waals surface area contributed by atoms with Gasteiger partial charge in [-0.05, 0) is 50.3 Å². The minimum Gasteiger partial charge on any atom is -0.305 e. The highest BCUT2D eigenvalue weighted by Crippen LogP contribution is 2.17. The molecule has 0 radical (unpaired) electrons. The molecule has 2 rings (SSSR count). The van der Waals surface area contributed by atoms with Crippen molar-refractivity contribution in [1.82, 2.24) is 9.80 Å². The molecule has 17 heavy (non-hydrogen) atoms. The fourth-order valence-corrected chi connectivity index (χ4v) is 2.73. The number of halogens is 2. The molecule has 1 aliphatic heterocycles. The molecule has 2 nitrogen and oxygen atoms in total. The quantitative estimate of drug-likeness (QED) is 0.829. The lowest BCUT2D eigenvalue weighted by Crippen LogP contribution is -2.28. The normalized spacial score (nSPS) is 19.2. The smallest absolute Gasteiger partial charge is 0.124 e. The van der Waals surface area contributed by atoms with Crippen molar-refractivity contribution < 1.29 is 4.39 Å². The summed E-state index contributed by atoms with van der Waals surface area (Å²) in [6.07, 6.45) is 1.19. The zero-order valence-corrected chi connectivity index (χ0v) is 11.7. The molecule has 1 aromatic carbocycles. The standard InChI is InChI=1S/C13H18BrFN2/c1-16-3-2-4-17(6-5-16)10-11-7-12(14)9-13(15)8-11/h7-9H,2-6,10H2,1H3. The highest BCUT2D eigenvalue weighted by molar-refractivity contribution is 9.10. The lowest BCUT2D eigenvalue weighted by molar-refractivity contribution is 0.269. The van der Waals surface area contributed by atoms with Gasteiger partial charge < -0.3 is 4.90 Å². The van der Waals surface area contributed by atoms with Gasteiger partial charge in [0, 0.05) is 24.1 Å². The summed E-state index contributed by atoms with van der Waals surface area (Å²) in [6.45, 7) is 5.24. The van der Waals surface area contributed by atoms with Crippen LogP contribution in [0.5, 0.6) is 0 Å². The van der Waals surface area contributed by atoms with Crippen LogP contribution in [0.3, 0.4) is 0 Å². The molecule has 1 saturated heterocycles. The van der Waals surface area contributed by atoms with Crippen LogP contribution in [-0.2, 0) is 6.54 Å². The maximum absolute atomic E-state index is 13.3. The van der Waals surface area contributed by atoms with Crippen LogP contribution in [0.4, 0.5) is 4.39 Å². The Morgan fingerprint density at radius 1 is 1.18 bits per heavy atom. The Balaban J connectivity index is 1.99. The molecule has 1 heterocycles. The number of likely N-dealkylation sites (N-methyl/N-ethyl adjacent to an activating group) is 1. The maximum Gasteiger partial charge on any atom is 0.124 e. The average Bonchev–Trinajstić information content (AvgIpc) is 2.42. The van der Waals surface area contributed by atoms with Crippen LogP contribution in [0.15, 0.2) is 22.7 Å². The molecule has 0 atom stereocenters. The van der Waals surface area contributed by atoms with Crippen molar-refractivity contribution in [3.8, 4) is 0 Å². The molecular formula is C13H18BrFN2. The molecular weight excluding hydrogens is 283 g/mol. The van der Waals surface area contributed by atoms with Crippen LogP contribution in [0.25, 0.3) is 0 Å². The van der Waals surface area contributed by atoms with Gasteiger partial charge in [0.2, 0.25) is 0 Å². The summed E-state index contributed by atoms with van der Waals surface area (Å²) in [5.74, 6) is -0.165. The predicted octanol–water partition coefficient (Wildman–Crippen LogP) is 2.73. The van der Waals surface area contributed by atoms with Gasteiger partial charge in [-0.3, -0.25) is 4.90 Å². The third-order valence-electron chi connectivity index (χ3n) is 3.14. The van der Waals surface area contributed by atoms with Gasteiger partial charge in [0.25, 0.3) is 0 Å². The Morgan fingerprint density at radius 3 is 2.76 bits per heavy atom. The third-order valence-corrected chi connectivity index (χ3v) is 3.60. The van der Waals surface area contributed by atoms with E-state index in [1.165, 1.54) is 12.5 Å². The first-order valence-electron chi connectivity index (χ1n) is 5.99. The second kappa shape index (κ2) is 5.94. The van der Waals surface area contributed by atoms with Crippen molar-refractivity contribution in [3.63, 3.8) is 0 Å². The molecule has 0 N–H and O–H groups in total. The lowest BCUT2D eigenvalue weighted by atomic mass is 10.2. The predicted molar refractivity (Wildman–Crippen MR) is 71.5 cm³/mol. The number of benzene rings is 1. The molecule has 1 aromatic rings. The van der Waals surface area contributed by atoms with Gasteiger partial charge >= 0.3 is 0 Å². The summed E-state index contributed by atoms with van der Waals surface area (Å²) in [5.41, 5.74) is 1.04. The minimum atomic E-state index is -0.165. The molecule has 4 heteroatoms. The zero-order chi connectivity index (χ0) is 12.3. The number of nitrogens with zero attached hydrogens (tertiary/aromatic N) is 2. The minimum absolute atomic E-state index is 0.165. The maximum atomic E-state index is 13.3. The molecule has 0 amide bonds. The first-order chi connectivity index (χ1) is 8.13. The summed E-state index contributed by atoms with van der Waals surface area (Å²) in [7, 11) is 2.16. The van der Waals surface area contributed by atoms with E-state index in [0.29, 0.717) is 0 Å². The Hall–Kier alpha value is -0.450. The van der Waals surface area contributed by atoms with Crippen LogP contribution < -0.4 is 0 Å². The van der Waals surface area contributed by atoms with Gasteiger partial charge in [-0.15, -0.1) is 0 Å². The molecule has 1 aliphatic rings. The van der Waals surface area contributed by atoms with Gasteiger partial charge in [-0.25, -0.2) is 4.39 Å². The fourth-order valence-electron chi connectivity index (χ4n) is 2.22. The highest BCUT2D eigenvalue weighted by Gasteiger charge is 2.12. The summed E-state index contributed by atoms with van der Waals surface area (Å²) >= 11 is 3.34. The molecule has 94 valence electrons. The Bertz CT molecular complexity index is 363.